The molecule has 2 rings (SSSR count). The molecule has 0 bridgehead atoms. The minimum atomic E-state index is -0.472. The predicted molar refractivity (Wildman–Crippen MR) is 87.0 cm³/mol. The highest BCUT2D eigenvalue weighted by Crippen LogP contribution is 2.30. The number of hydrogen-bond donors (Lipinski definition) is 2. The van der Waals surface area contributed by atoms with E-state index in [0.717, 1.165) is 25.3 Å². The fraction of sp³-hybridized carbons (Fsp3) is 0.533. The van der Waals surface area contributed by atoms with Crippen molar-refractivity contribution in [3.05, 3.63) is 24.0 Å². The molecule has 0 atom stereocenters. The Balaban J connectivity index is 1.88. The van der Waals surface area contributed by atoms with Crippen LogP contribution in [0.3, 0.4) is 0 Å². The summed E-state index contributed by atoms with van der Waals surface area (Å²) in [6.07, 6.45) is 1.06. The van der Waals surface area contributed by atoms with Gasteiger partial charge in [0.1, 0.15) is 5.82 Å². The van der Waals surface area contributed by atoms with E-state index >= 15 is 0 Å². The van der Waals surface area contributed by atoms with Crippen LogP contribution in [0.25, 0.3) is 0 Å². The van der Waals surface area contributed by atoms with Crippen LogP contribution < -0.4 is 11.1 Å². The van der Waals surface area contributed by atoms with Crippen molar-refractivity contribution in [3.8, 4) is 0 Å². The van der Waals surface area contributed by atoms with E-state index in [1.54, 1.807) is 0 Å². The van der Waals surface area contributed by atoms with Crippen molar-refractivity contribution in [1.29, 1.82) is 0 Å². The number of anilines is 2. The van der Waals surface area contributed by atoms with Crippen LogP contribution in [0.5, 0.6) is 0 Å². The largest absolute Gasteiger partial charge is 0.396 e. The Morgan fingerprint density at radius 1 is 1.48 bits per heavy atom. The van der Waals surface area contributed by atoms with Crippen LogP contribution in [0.4, 0.5) is 15.8 Å². The van der Waals surface area contributed by atoms with Crippen LogP contribution in [0.1, 0.15) is 20.3 Å². The van der Waals surface area contributed by atoms with E-state index in [1.165, 1.54) is 18.2 Å². The van der Waals surface area contributed by atoms with Crippen molar-refractivity contribution in [2.24, 2.45) is 0 Å². The SMILES string of the molecule is CC1(C)CCN(CC(=O)Nc2ccc(F)c(N)c2)CCS1. The predicted octanol–water partition coefficient (Wildman–Crippen LogP) is 2.56. The van der Waals surface area contributed by atoms with Gasteiger partial charge >= 0.3 is 0 Å². The fourth-order valence-electron chi connectivity index (χ4n) is 2.25. The second-order valence-electron chi connectivity index (χ2n) is 5.92. The van der Waals surface area contributed by atoms with E-state index < -0.39 is 5.82 Å². The summed E-state index contributed by atoms with van der Waals surface area (Å²) < 4.78 is 13.4. The first kappa shape index (κ1) is 16.1. The standard InChI is InChI=1S/C15H22FN3OS/c1-15(2)5-6-19(7-8-21-15)10-14(20)18-11-3-4-12(16)13(17)9-11/h3-4,9H,5-8,10,17H2,1-2H3,(H,18,20). The minimum Gasteiger partial charge on any atom is -0.396 e. The second-order valence-corrected chi connectivity index (χ2v) is 7.72. The van der Waals surface area contributed by atoms with E-state index in [-0.39, 0.29) is 16.3 Å². The topological polar surface area (TPSA) is 58.4 Å². The summed E-state index contributed by atoms with van der Waals surface area (Å²) in [6, 6.07) is 4.22. The lowest BCUT2D eigenvalue weighted by Crippen LogP contribution is -2.35. The van der Waals surface area contributed by atoms with Crippen molar-refractivity contribution >= 4 is 29.0 Å². The van der Waals surface area contributed by atoms with Crippen molar-refractivity contribution in [3.63, 3.8) is 0 Å². The van der Waals surface area contributed by atoms with Gasteiger partial charge in [0, 0.05) is 29.3 Å². The van der Waals surface area contributed by atoms with E-state index in [0.29, 0.717) is 12.2 Å². The lowest BCUT2D eigenvalue weighted by Gasteiger charge is -2.22. The number of nitrogens with two attached hydrogens (primary N) is 1. The zero-order chi connectivity index (χ0) is 15.5. The average Bonchev–Trinajstić information content (AvgIpc) is 2.55. The molecule has 0 aromatic heterocycles. The third kappa shape index (κ3) is 4.89. The highest BCUT2D eigenvalue weighted by atomic mass is 32.2. The van der Waals surface area contributed by atoms with Gasteiger partial charge in [-0.25, -0.2) is 4.39 Å². The molecule has 1 fully saturated rings. The normalized spacial score (nSPS) is 19.0. The summed E-state index contributed by atoms with van der Waals surface area (Å²) in [6.45, 7) is 6.66. The molecule has 1 heterocycles. The molecule has 1 amide bonds. The summed E-state index contributed by atoms with van der Waals surface area (Å²) in [5.74, 6) is 0.467. The first-order chi connectivity index (χ1) is 9.85. The van der Waals surface area contributed by atoms with Gasteiger partial charge in [-0.1, -0.05) is 13.8 Å². The zero-order valence-corrected chi connectivity index (χ0v) is 13.3. The molecule has 3 N–H and O–H groups in total. The Labute approximate surface area is 129 Å². The number of halogens is 1. The molecule has 116 valence electrons. The zero-order valence-electron chi connectivity index (χ0n) is 12.5. The molecule has 1 aromatic rings. The molecule has 0 unspecified atom stereocenters. The van der Waals surface area contributed by atoms with Crippen molar-refractivity contribution in [2.45, 2.75) is 25.0 Å². The van der Waals surface area contributed by atoms with Gasteiger partial charge in [0.15, 0.2) is 0 Å². The van der Waals surface area contributed by atoms with Gasteiger partial charge in [-0.2, -0.15) is 11.8 Å². The number of hydrogen-bond acceptors (Lipinski definition) is 4. The quantitative estimate of drug-likeness (QED) is 0.842. The summed E-state index contributed by atoms with van der Waals surface area (Å²) in [5, 5.41) is 2.76. The third-order valence-electron chi connectivity index (χ3n) is 3.58. The molecule has 6 heteroatoms. The maximum atomic E-state index is 13.1. The van der Waals surface area contributed by atoms with Crippen LogP contribution in [0, 0.1) is 5.82 Å². The molecule has 21 heavy (non-hydrogen) atoms. The first-order valence-electron chi connectivity index (χ1n) is 7.07. The summed E-state index contributed by atoms with van der Waals surface area (Å²) in [7, 11) is 0. The monoisotopic (exact) mass is 311 g/mol. The van der Waals surface area contributed by atoms with Gasteiger partial charge in [-0.15, -0.1) is 0 Å². The molecular formula is C15H22FN3OS. The maximum absolute atomic E-state index is 13.1. The number of nitrogen functional groups attached to an aromatic ring is 1. The minimum absolute atomic E-state index is 0.0423. The number of carbonyl (C=O) groups excluding carboxylic acids is 1. The number of carbonyl (C=O) groups is 1. The van der Waals surface area contributed by atoms with Gasteiger partial charge < -0.3 is 11.1 Å². The van der Waals surface area contributed by atoms with Gasteiger partial charge in [-0.3, -0.25) is 9.69 Å². The molecular weight excluding hydrogens is 289 g/mol. The van der Waals surface area contributed by atoms with E-state index in [4.69, 9.17) is 5.73 Å². The fourth-order valence-corrected chi connectivity index (χ4v) is 3.38. The number of benzene rings is 1. The first-order valence-corrected chi connectivity index (χ1v) is 8.05. The van der Waals surface area contributed by atoms with Crippen LogP contribution in [0.15, 0.2) is 18.2 Å². The van der Waals surface area contributed by atoms with Crippen molar-refractivity contribution < 1.29 is 9.18 Å². The number of rotatable bonds is 3. The van der Waals surface area contributed by atoms with Crippen LogP contribution >= 0.6 is 11.8 Å². The Hall–Kier alpha value is -1.27. The smallest absolute Gasteiger partial charge is 0.238 e. The second kappa shape index (κ2) is 6.66. The summed E-state index contributed by atoms with van der Waals surface area (Å²) >= 11 is 1.95. The Bertz CT molecular complexity index is 522. The highest BCUT2D eigenvalue weighted by molar-refractivity contribution is 8.00. The van der Waals surface area contributed by atoms with Gasteiger partial charge in [0.05, 0.1) is 12.2 Å². The van der Waals surface area contributed by atoms with Crippen molar-refractivity contribution in [2.75, 3.05) is 36.4 Å². The van der Waals surface area contributed by atoms with Crippen LogP contribution in [0.2, 0.25) is 0 Å². The third-order valence-corrected chi connectivity index (χ3v) is 4.95. The van der Waals surface area contributed by atoms with Crippen LogP contribution in [-0.4, -0.2) is 40.9 Å². The Morgan fingerprint density at radius 3 is 2.95 bits per heavy atom. The average molecular weight is 311 g/mol. The van der Waals surface area contributed by atoms with Crippen molar-refractivity contribution in [1.82, 2.24) is 4.90 Å². The molecule has 1 aliphatic heterocycles. The molecule has 4 nitrogen and oxygen atoms in total. The Kier molecular flexibility index (Phi) is 5.11. The molecule has 0 radical (unpaired) electrons. The lowest BCUT2D eigenvalue weighted by molar-refractivity contribution is -0.117. The number of nitrogens with zero attached hydrogens (tertiary/aromatic N) is 1. The number of thioether (sulfide) groups is 1. The Morgan fingerprint density at radius 2 is 2.24 bits per heavy atom. The van der Waals surface area contributed by atoms with Gasteiger partial charge in [0.25, 0.3) is 0 Å². The summed E-state index contributed by atoms with van der Waals surface area (Å²) in [4.78, 5) is 14.2. The number of nitrogens with one attached hydrogen (secondary N) is 1. The van der Waals surface area contributed by atoms with E-state index in [9.17, 15) is 9.18 Å². The summed E-state index contributed by atoms with van der Waals surface area (Å²) in [5.41, 5.74) is 6.06. The highest BCUT2D eigenvalue weighted by Gasteiger charge is 2.24. The van der Waals surface area contributed by atoms with E-state index in [1.807, 2.05) is 11.8 Å². The molecule has 1 aliphatic rings. The molecule has 0 spiro atoms. The molecule has 1 saturated heterocycles. The van der Waals surface area contributed by atoms with Crippen LogP contribution in [-0.2, 0) is 4.79 Å². The molecule has 0 aliphatic carbocycles. The van der Waals surface area contributed by atoms with E-state index in [2.05, 4.69) is 24.1 Å². The molecule has 1 aromatic carbocycles. The lowest BCUT2D eigenvalue weighted by atomic mass is 10.1. The van der Waals surface area contributed by atoms with Gasteiger partial charge in [-0.05, 0) is 24.6 Å². The number of amides is 1. The molecule has 0 saturated carbocycles. The maximum Gasteiger partial charge on any atom is 0.238 e. The van der Waals surface area contributed by atoms with Gasteiger partial charge in [0.2, 0.25) is 5.91 Å².